The minimum absolute atomic E-state index is 0.0373. The van der Waals surface area contributed by atoms with E-state index in [4.69, 9.17) is 15.2 Å². The zero-order chi connectivity index (χ0) is 14.2. The first-order valence-electron chi connectivity index (χ1n) is 7.78. The molecule has 3 nitrogen and oxygen atoms in total. The highest BCUT2D eigenvalue weighted by Gasteiger charge is 2.42. The van der Waals surface area contributed by atoms with Crippen LogP contribution in [0.2, 0.25) is 0 Å². The largest absolute Gasteiger partial charge is 0.497 e. The minimum Gasteiger partial charge on any atom is -0.497 e. The van der Waals surface area contributed by atoms with E-state index in [-0.39, 0.29) is 11.6 Å². The van der Waals surface area contributed by atoms with Gasteiger partial charge in [-0.25, -0.2) is 0 Å². The molecule has 1 aliphatic carbocycles. The van der Waals surface area contributed by atoms with Crippen molar-refractivity contribution in [1.29, 1.82) is 0 Å². The van der Waals surface area contributed by atoms with Crippen LogP contribution < -0.4 is 15.2 Å². The summed E-state index contributed by atoms with van der Waals surface area (Å²) >= 11 is 0. The highest BCUT2D eigenvalue weighted by molar-refractivity contribution is 5.44. The SMILES string of the molecule is CCC1CCC2(CC1)C[C@@H](N)c1ccc(OC)cc1O2. The first-order valence-corrected chi connectivity index (χ1v) is 7.78. The molecule has 3 heteroatoms. The minimum atomic E-state index is -0.0373. The number of ether oxygens (including phenoxy) is 2. The summed E-state index contributed by atoms with van der Waals surface area (Å²) in [6.07, 6.45) is 7.03. The van der Waals surface area contributed by atoms with Crippen molar-refractivity contribution >= 4 is 0 Å². The van der Waals surface area contributed by atoms with Gasteiger partial charge in [0.25, 0.3) is 0 Å². The molecule has 1 saturated carbocycles. The van der Waals surface area contributed by atoms with Crippen molar-refractivity contribution < 1.29 is 9.47 Å². The van der Waals surface area contributed by atoms with Gasteiger partial charge in [0.15, 0.2) is 0 Å². The van der Waals surface area contributed by atoms with Crippen LogP contribution in [0.4, 0.5) is 0 Å². The van der Waals surface area contributed by atoms with Gasteiger partial charge in [-0.05, 0) is 37.7 Å². The topological polar surface area (TPSA) is 44.5 Å². The van der Waals surface area contributed by atoms with Crippen LogP contribution in [0.3, 0.4) is 0 Å². The summed E-state index contributed by atoms with van der Waals surface area (Å²) in [5, 5.41) is 0. The fraction of sp³-hybridized carbons (Fsp3) is 0.647. The van der Waals surface area contributed by atoms with Crippen molar-refractivity contribution in [3.63, 3.8) is 0 Å². The van der Waals surface area contributed by atoms with Crippen LogP contribution in [-0.2, 0) is 0 Å². The van der Waals surface area contributed by atoms with E-state index >= 15 is 0 Å². The molecule has 0 radical (unpaired) electrons. The summed E-state index contributed by atoms with van der Waals surface area (Å²) < 4.78 is 11.7. The van der Waals surface area contributed by atoms with Gasteiger partial charge < -0.3 is 15.2 Å². The first-order chi connectivity index (χ1) is 9.65. The van der Waals surface area contributed by atoms with Crippen molar-refractivity contribution in [2.24, 2.45) is 11.7 Å². The van der Waals surface area contributed by atoms with Gasteiger partial charge in [0.1, 0.15) is 17.1 Å². The molecule has 1 atom stereocenters. The van der Waals surface area contributed by atoms with Gasteiger partial charge in [-0.2, -0.15) is 0 Å². The standard InChI is InChI=1S/C17H25NO2/c1-3-12-6-8-17(9-7-12)11-15(18)14-5-4-13(19-2)10-16(14)20-17/h4-5,10,12,15H,3,6-9,11,18H2,1-2H3/t12?,15-,17?/m1/s1. The van der Waals surface area contributed by atoms with E-state index in [1.807, 2.05) is 18.2 Å². The van der Waals surface area contributed by atoms with E-state index < -0.39 is 0 Å². The zero-order valence-corrected chi connectivity index (χ0v) is 12.5. The lowest BCUT2D eigenvalue weighted by Gasteiger charge is -2.45. The Morgan fingerprint density at radius 2 is 2.10 bits per heavy atom. The lowest BCUT2D eigenvalue weighted by molar-refractivity contribution is -0.0111. The second-order valence-electron chi connectivity index (χ2n) is 6.35. The van der Waals surface area contributed by atoms with Gasteiger partial charge in [-0.15, -0.1) is 0 Å². The number of nitrogens with two attached hydrogens (primary N) is 1. The summed E-state index contributed by atoms with van der Waals surface area (Å²) in [5.41, 5.74) is 7.47. The van der Waals surface area contributed by atoms with E-state index in [0.29, 0.717) is 0 Å². The molecule has 20 heavy (non-hydrogen) atoms. The molecule has 0 amide bonds. The Kier molecular flexibility index (Phi) is 3.63. The molecule has 2 aliphatic rings. The van der Waals surface area contributed by atoms with Gasteiger partial charge in [0, 0.05) is 24.1 Å². The van der Waals surface area contributed by atoms with Crippen LogP contribution in [0.25, 0.3) is 0 Å². The molecule has 2 N–H and O–H groups in total. The molecule has 0 bridgehead atoms. The highest BCUT2D eigenvalue weighted by atomic mass is 16.5. The number of hydrogen-bond donors (Lipinski definition) is 1. The third kappa shape index (κ3) is 2.39. The molecule has 1 spiro atoms. The normalized spacial score (nSPS) is 32.5. The van der Waals surface area contributed by atoms with E-state index in [2.05, 4.69) is 6.92 Å². The Bertz CT molecular complexity index is 478. The maximum Gasteiger partial charge on any atom is 0.128 e. The molecular formula is C17H25NO2. The molecule has 3 rings (SSSR count). The van der Waals surface area contributed by atoms with Gasteiger partial charge in [-0.1, -0.05) is 19.4 Å². The average molecular weight is 275 g/mol. The Morgan fingerprint density at radius 1 is 1.35 bits per heavy atom. The van der Waals surface area contributed by atoms with Crippen LogP contribution in [0, 0.1) is 5.92 Å². The quantitative estimate of drug-likeness (QED) is 0.892. The zero-order valence-electron chi connectivity index (χ0n) is 12.5. The highest BCUT2D eigenvalue weighted by Crippen LogP contribution is 2.47. The average Bonchev–Trinajstić information content (AvgIpc) is 2.47. The van der Waals surface area contributed by atoms with Gasteiger partial charge in [0.05, 0.1) is 7.11 Å². The van der Waals surface area contributed by atoms with Crippen LogP contribution in [-0.4, -0.2) is 12.7 Å². The smallest absolute Gasteiger partial charge is 0.128 e. The number of methoxy groups -OCH3 is 1. The number of benzene rings is 1. The summed E-state index contributed by atoms with van der Waals surface area (Å²) in [5.74, 6) is 2.64. The van der Waals surface area contributed by atoms with Crippen molar-refractivity contribution in [1.82, 2.24) is 0 Å². The van der Waals surface area contributed by atoms with Crippen molar-refractivity contribution in [2.75, 3.05) is 7.11 Å². The third-order valence-electron chi connectivity index (χ3n) is 5.13. The Hall–Kier alpha value is -1.22. The van der Waals surface area contributed by atoms with Crippen molar-refractivity contribution in [3.8, 4) is 11.5 Å². The predicted octanol–water partition coefficient (Wildman–Crippen LogP) is 3.82. The molecule has 1 aromatic carbocycles. The van der Waals surface area contributed by atoms with Crippen LogP contribution in [0.5, 0.6) is 11.5 Å². The van der Waals surface area contributed by atoms with Crippen molar-refractivity contribution in [3.05, 3.63) is 23.8 Å². The summed E-state index contributed by atoms with van der Waals surface area (Å²) in [7, 11) is 1.69. The fourth-order valence-corrected chi connectivity index (χ4v) is 3.74. The molecule has 1 heterocycles. The summed E-state index contributed by atoms with van der Waals surface area (Å²) in [6, 6.07) is 6.09. The molecule has 1 aromatic rings. The molecule has 1 fully saturated rings. The van der Waals surface area contributed by atoms with Crippen LogP contribution in [0.15, 0.2) is 18.2 Å². The Balaban J connectivity index is 1.84. The van der Waals surface area contributed by atoms with E-state index in [0.717, 1.165) is 42.2 Å². The van der Waals surface area contributed by atoms with E-state index in [9.17, 15) is 0 Å². The third-order valence-corrected chi connectivity index (χ3v) is 5.13. The molecule has 0 saturated heterocycles. The molecule has 0 aromatic heterocycles. The molecular weight excluding hydrogens is 250 g/mol. The summed E-state index contributed by atoms with van der Waals surface area (Å²) in [4.78, 5) is 0. The van der Waals surface area contributed by atoms with Gasteiger partial charge in [-0.3, -0.25) is 0 Å². The maximum absolute atomic E-state index is 6.41. The monoisotopic (exact) mass is 275 g/mol. The molecule has 0 unspecified atom stereocenters. The number of rotatable bonds is 2. The second-order valence-corrected chi connectivity index (χ2v) is 6.35. The lowest BCUT2D eigenvalue weighted by atomic mass is 9.73. The Morgan fingerprint density at radius 3 is 2.75 bits per heavy atom. The predicted molar refractivity (Wildman–Crippen MR) is 80.1 cm³/mol. The molecule has 1 aliphatic heterocycles. The Labute approximate surface area is 121 Å². The second kappa shape index (κ2) is 5.28. The fourth-order valence-electron chi connectivity index (χ4n) is 3.74. The van der Waals surface area contributed by atoms with E-state index in [1.165, 1.54) is 19.3 Å². The van der Waals surface area contributed by atoms with Gasteiger partial charge >= 0.3 is 0 Å². The van der Waals surface area contributed by atoms with E-state index in [1.54, 1.807) is 7.11 Å². The van der Waals surface area contributed by atoms with Crippen LogP contribution in [0.1, 0.15) is 57.1 Å². The number of fused-ring (bicyclic) bond motifs is 1. The lowest BCUT2D eigenvalue weighted by Crippen LogP contribution is -2.45. The molecule has 110 valence electrons. The summed E-state index contributed by atoms with van der Waals surface area (Å²) in [6.45, 7) is 2.29. The van der Waals surface area contributed by atoms with Crippen molar-refractivity contribution in [2.45, 2.75) is 57.1 Å². The van der Waals surface area contributed by atoms with Gasteiger partial charge in [0.2, 0.25) is 0 Å². The first kappa shape index (κ1) is 13.7. The maximum atomic E-state index is 6.41. The van der Waals surface area contributed by atoms with Crippen LogP contribution >= 0.6 is 0 Å². The number of hydrogen-bond acceptors (Lipinski definition) is 3.